The van der Waals surface area contributed by atoms with E-state index in [1.165, 1.54) is 12.4 Å². The summed E-state index contributed by atoms with van der Waals surface area (Å²) in [5.74, 6) is 0.297. The Morgan fingerprint density at radius 3 is 2.48 bits per heavy atom. The first-order valence-corrected chi connectivity index (χ1v) is 9.70. The van der Waals surface area contributed by atoms with Gasteiger partial charge in [-0.05, 0) is 42.3 Å². The maximum atomic E-state index is 13.1. The Hall–Kier alpha value is -3.39. The molecule has 0 unspecified atom stereocenters. The van der Waals surface area contributed by atoms with Crippen LogP contribution in [0.5, 0.6) is 0 Å². The lowest BCUT2D eigenvalue weighted by Crippen LogP contribution is -2.10. The Morgan fingerprint density at radius 2 is 1.77 bits per heavy atom. The van der Waals surface area contributed by atoms with E-state index in [1.54, 1.807) is 42.2 Å². The Morgan fingerprint density at radius 1 is 1.03 bits per heavy atom. The zero-order valence-electron chi connectivity index (χ0n) is 16.3. The topological polar surface area (TPSA) is 69.6 Å². The molecule has 0 aliphatic heterocycles. The number of aromatic nitrogens is 4. The van der Waals surface area contributed by atoms with Crippen LogP contribution in [0.15, 0.2) is 67.3 Å². The summed E-state index contributed by atoms with van der Waals surface area (Å²) < 4.78 is 40.8. The molecule has 4 aromatic rings. The quantitative estimate of drug-likeness (QED) is 0.428. The minimum absolute atomic E-state index is 0.297. The highest BCUT2D eigenvalue weighted by Gasteiger charge is 2.31. The van der Waals surface area contributed by atoms with Crippen molar-refractivity contribution in [3.8, 4) is 22.4 Å². The summed E-state index contributed by atoms with van der Waals surface area (Å²) in [6.07, 6.45) is 0.284. The van der Waals surface area contributed by atoms with Crippen molar-refractivity contribution in [2.45, 2.75) is 19.1 Å². The number of alkyl halides is 3. The summed E-state index contributed by atoms with van der Waals surface area (Å²) in [5, 5.41) is 4.94. The van der Waals surface area contributed by atoms with Gasteiger partial charge in [0.2, 0.25) is 0 Å². The molecule has 0 saturated heterocycles. The van der Waals surface area contributed by atoms with Gasteiger partial charge in [0.15, 0.2) is 0 Å². The number of hydrogen-bond donors (Lipinski definition) is 1. The molecule has 2 aromatic carbocycles. The molecule has 158 valence electrons. The Bertz CT molecular complexity index is 1220. The Kier molecular flexibility index (Phi) is 5.41. The second-order valence-corrected chi connectivity index (χ2v) is 7.43. The van der Waals surface area contributed by atoms with Crippen LogP contribution in [0.3, 0.4) is 0 Å². The van der Waals surface area contributed by atoms with Crippen LogP contribution in [-0.4, -0.2) is 19.7 Å². The smallest absolute Gasteiger partial charge is 0.383 e. The van der Waals surface area contributed by atoms with Crippen LogP contribution < -0.4 is 5.73 Å². The van der Waals surface area contributed by atoms with Crippen molar-refractivity contribution in [3.05, 3.63) is 83.4 Å². The Labute approximate surface area is 181 Å². The van der Waals surface area contributed by atoms with Crippen molar-refractivity contribution < 1.29 is 13.2 Å². The molecule has 0 aliphatic carbocycles. The van der Waals surface area contributed by atoms with E-state index >= 15 is 0 Å². The molecule has 1 atom stereocenters. The highest BCUT2D eigenvalue weighted by Crippen LogP contribution is 2.35. The van der Waals surface area contributed by atoms with Gasteiger partial charge in [-0.3, -0.25) is 4.68 Å². The molecule has 0 spiro atoms. The van der Waals surface area contributed by atoms with Crippen molar-refractivity contribution in [2.75, 3.05) is 5.73 Å². The first-order valence-electron chi connectivity index (χ1n) is 9.32. The van der Waals surface area contributed by atoms with Crippen molar-refractivity contribution >= 4 is 17.4 Å². The number of nitrogen functional groups attached to an aromatic ring is 1. The normalized spacial score (nSPS) is 12.7. The molecule has 0 aliphatic rings. The molecule has 0 bridgehead atoms. The first-order chi connectivity index (χ1) is 14.7. The van der Waals surface area contributed by atoms with Crippen LogP contribution in [-0.2, 0) is 6.18 Å². The zero-order valence-corrected chi connectivity index (χ0v) is 17.1. The number of hydrogen-bond acceptors (Lipinski definition) is 4. The molecule has 9 heteroatoms. The zero-order chi connectivity index (χ0) is 22.2. The van der Waals surface area contributed by atoms with Gasteiger partial charge in [0.05, 0.1) is 29.1 Å². The van der Waals surface area contributed by atoms with Gasteiger partial charge in [-0.25, -0.2) is 9.97 Å². The van der Waals surface area contributed by atoms with Gasteiger partial charge < -0.3 is 5.73 Å². The SMILES string of the molecule is C[C@@H](c1cccc(C(F)(F)F)c1)n1cc(-c2ncnc(N)c2-c2ccc(Cl)cc2)cn1. The van der Waals surface area contributed by atoms with E-state index in [2.05, 4.69) is 15.1 Å². The molecule has 4 rings (SSSR count). The summed E-state index contributed by atoms with van der Waals surface area (Å²) in [6.45, 7) is 1.78. The van der Waals surface area contributed by atoms with Gasteiger partial charge in [0.1, 0.15) is 12.1 Å². The first kappa shape index (κ1) is 20.9. The van der Waals surface area contributed by atoms with E-state index in [-0.39, 0.29) is 0 Å². The lowest BCUT2D eigenvalue weighted by molar-refractivity contribution is -0.137. The standard InChI is InChI=1S/C22H17ClF3N5/c1-13(15-3-2-4-17(9-15)22(24,25)26)31-11-16(10-30-31)20-19(21(27)29-12-28-20)14-5-7-18(23)8-6-14/h2-13H,1H3,(H2,27,28,29)/t13-/m0/s1. The van der Waals surface area contributed by atoms with E-state index in [1.807, 2.05) is 12.1 Å². The summed E-state index contributed by atoms with van der Waals surface area (Å²) >= 11 is 5.99. The minimum Gasteiger partial charge on any atom is -0.383 e. The monoisotopic (exact) mass is 443 g/mol. The van der Waals surface area contributed by atoms with Crippen molar-refractivity contribution in [1.82, 2.24) is 19.7 Å². The maximum Gasteiger partial charge on any atom is 0.416 e. The second-order valence-electron chi connectivity index (χ2n) is 7.00. The van der Waals surface area contributed by atoms with Crippen LogP contribution in [0.1, 0.15) is 24.1 Å². The molecule has 2 N–H and O–H groups in total. The summed E-state index contributed by atoms with van der Waals surface area (Å²) in [4.78, 5) is 8.46. The Balaban J connectivity index is 1.72. The second kappa shape index (κ2) is 8.03. The molecular formula is C22H17ClF3N5. The molecule has 0 radical (unpaired) electrons. The van der Waals surface area contributed by atoms with E-state index < -0.39 is 17.8 Å². The summed E-state index contributed by atoms with van der Waals surface area (Å²) in [7, 11) is 0. The fourth-order valence-corrected chi connectivity index (χ4v) is 3.44. The largest absolute Gasteiger partial charge is 0.416 e. The van der Waals surface area contributed by atoms with Gasteiger partial charge >= 0.3 is 6.18 Å². The minimum atomic E-state index is -4.41. The molecule has 5 nitrogen and oxygen atoms in total. The van der Waals surface area contributed by atoms with E-state index in [0.29, 0.717) is 33.2 Å². The van der Waals surface area contributed by atoms with E-state index in [4.69, 9.17) is 17.3 Å². The average Bonchev–Trinajstić information content (AvgIpc) is 3.23. The van der Waals surface area contributed by atoms with Crippen LogP contribution in [0.2, 0.25) is 5.02 Å². The lowest BCUT2D eigenvalue weighted by Gasteiger charge is -2.15. The van der Waals surface area contributed by atoms with Crippen LogP contribution in [0.4, 0.5) is 19.0 Å². The molecule has 2 heterocycles. The number of halogens is 4. The van der Waals surface area contributed by atoms with Gasteiger partial charge in [0, 0.05) is 16.8 Å². The summed E-state index contributed by atoms with van der Waals surface area (Å²) in [6, 6.07) is 11.9. The average molecular weight is 444 g/mol. The van der Waals surface area contributed by atoms with Gasteiger partial charge in [-0.1, -0.05) is 35.9 Å². The number of benzene rings is 2. The van der Waals surface area contributed by atoms with Gasteiger partial charge in [-0.15, -0.1) is 0 Å². The predicted octanol–water partition coefficient (Wildman–Crippen LogP) is 5.87. The van der Waals surface area contributed by atoms with Gasteiger partial charge in [-0.2, -0.15) is 18.3 Å². The predicted molar refractivity (Wildman–Crippen MR) is 113 cm³/mol. The molecule has 0 amide bonds. The molecule has 0 saturated carbocycles. The fraction of sp³-hybridized carbons (Fsp3) is 0.136. The highest BCUT2D eigenvalue weighted by molar-refractivity contribution is 6.30. The summed E-state index contributed by atoms with van der Waals surface area (Å²) in [5.41, 5.74) is 8.57. The lowest BCUT2D eigenvalue weighted by atomic mass is 10.0. The molecular weight excluding hydrogens is 427 g/mol. The molecule has 0 fully saturated rings. The molecule has 2 aromatic heterocycles. The maximum absolute atomic E-state index is 13.1. The van der Waals surface area contributed by atoms with Gasteiger partial charge in [0.25, 0.3) is 0 Å². The van der Waals surface area contributed by atoms with Crippen LogP contribution in [0, 0.1) is 0 Å². The van der Waals surface area contributed by atoms with E-state index in [9.17, 15) is 13.2 Å². The number of rotatable bonds is 4. The van der Waals surface area contributed by atoms with E-state index in [0.717, 1.165) is 17.7 Å². The third-order valence-corrected chi connectivity index (χ3v) is 5.23. The van der Waals surface area contributed by atoms with Crippen molar-refractivity contribution in [3.63, 3.8) is 0 Å². The van der Waals surface area contributed by atoms with Crippen molar-refractivity contribution in [2.24, 2.45) is 0 Å². The highest BCUT2D eigenvalue weighted by atomic mass is 35.5. The number of nitrogens with zero attached hydrogens (tertiary/aromatic N) is 4. The third-order valence-electron chi connectivity index (χ3n) is 4.98. The number of nitrogens with two attached hydrogens (primary N) is 1. The third kappa shape index (κ3) is 4.25. The number of anilines is 1. The van der Waals surface area contributed by atoms with Crippen LogP contribution in [0.25, 0.3) is 22.4 Å². The van der Waals surface area contributed by atoms with Crippen LogP contribution >= 0.6 is 11.6 Å². The fourth-order valence-electron chi connectivity index (χ4n) is 3.32. The van der Waals surface area contributed by atoms with Crippen molar-refractivity contribution in [1.29, 1.82) is 0 Å². The molecule has 31 heavy (non-hydrogen) atoms.